The van der Waals surface area contributed by atoms with Crippen molar-refractivity contribution >= 4 is 29.9 Å². The van der Waals surface area contributed by atoms with E-state index in [1.54, 1.807) is 13.2 Å². The van der Waals surface area contributed by atoms with Crippen LogP contribution in [0.4, 0.5) is 0 Å². The highest BCUT2D eigenvalue weighted by Crippen LogP contribution is 2.29. The Morgan fingerprint density at radius 3 is 2.62 bits per heavy atom. The van der Waals surface area contributed by atoms with Crippen LogP contribution in [0.1, 0.15) is 45.1 Å². The molecular weight excluding hydrogens is 417 g/mol. The first-order valence-electron chi connectivity index (χ1n) is 8.53. The highest BCUT2D eigenvalue weighted by atomic mass is 127. The quantitative estimate of drug-likeness (QED) is 0.366. The fraction of sp³-hybridized carbons (Fsp3) is 0.611. The summed E-state index contributed by atoms with van der Waals surface area (Å²) in [7, 11) is 1.55. The third kappa shape index (κ3) is 6.03. The van der Waals surface area contributed by atoms with E-state index in [0.29, 0.717) is 18.3 Å². The number of nitrogens with one attached hydrogen (secondary N) is 2. The second-order valence-corrected chi connectivity index (χ2v) is 6.26. The second-order valence-electron chi connectivity index (χ2n) is 6.26. The first kappa shape index (κ1) is 20.9. The molecule has 0 radical (unpaired) electrons. The number of para-hydroxylation sites is 1. The molecule has 1 aromatic rings. The number of phenols is 1. The number of methoxy groups -OCH3 is 1. The fourth-order valence-corrected chi connectivity index (χ4v) is 2.94. The highest BCUT2D eigenvalue weighted by molar-refractivity contribution is 14.0. The summed E-state index contributed by atoms with van der Waals surface area (Å²) in [5.74, 6) is 2.30. The van der Waals surface area contributed by atoms with Crippen molar-refractivity contribution in [1.29, 1.82) is 0 Å². The van der Waals surface area contributed by atoms with Gasteiger partial charge in [-0.05, 0) is 44.6 Å². The number of ether oxygens (including phenoxy) is 1. The van der Waals surface area contributed by atoms with E-state index in [4.69, 9.17) is 4.74 Å². The van der Waals surface area contributed by atoms with Crippen LogP contribution in [0.25, 0.3) is 0 Å². The second kappa shape index (κ2) is 10.6. The lowest BCUT2D eigenvalue weighted by Crippen LogP contribution is -2.44. The Kier molecular flexibility index (Phi) is 9.25. The predicted octanol–water partition coefficient (Wildman–Crippen LogP) is 3.65. The summed E-state index contributed by atoms with van der Waals surface area (Å²) in [5, 5.41) is 17.0. The number of aliphatic imine (C=N–C) groups is 1. The largest absolute Gasteiger partial charge is 0.504 e. The van der Waals surface area contributed by atoms with Gasteiger partial charge in [0.25, 0.3) is 0 Å². The summed E-state index contributed by atoms with van der Waals surface area (Å²) in [6.45, 7) is 5.62. The smallest absolute Gasteiger partial charge is 0.191 e. The van der Waals surface area contributed by atoms with Gasteiger partial charge in [0.1, 0.15) is 0 Å². The lowest BCUT2D eigenvalue weighted by molar-refractivity contribution is 0.329. The van der Waals surface area contributed by atoms with E-state index in [0.717, 1.165) is 24.0 Å². The van der Waals surface area contributed by atoms with E-state index in [2.05, 4.69) is 29.5 Å². The van der Waals surface area contributed by atoms with Gasteiger partial charge in [0, 0.05) is 18.2 Å². The number of rotatable bonds is 5. The lowest BCUT2D eigenvalue weighted by Gasteiger charge is -2.28. The molecule has 1 fully saturated rings. The Morgan fingerprint density at radius 1 is 1.29 bits per heavy atom. The van der Waals surface area contributed by atoms with Crippen molar-refractivity contribution < 1.29 is 9.84 Å². The van der Waals surface area contributed by atoms with Crippen LogP contribution in [0.3, 0.4) is 0 Å². The third-order valence-electron chi connectivity index (χ3n) is 4.41. The zero-order chi connectivity index (χ0) is 16.7. The number of aromatic hydroxyl groups is 1. The molecule has 6 heteroatoms. The van der Waals surface area contributed by atoms with Gasteiger partial charge in [0.05, 0.1) is 13.7 Å². The van der Waals surface area contributed by atoms with Crippen LogP contribution in [-0.2, 0) is 6.54 Å². The van der Waals surface area contributed by atoms with Gasteiger partial charge < -0.3 is 20.5 Å². The molecule has 0 aliphatic heterocycles. The van der Waals surface area contributed by atoms with Crippen molar-refractivity contribution in [2.24, 2.45) is 10.9 Å². The minimum absolute atomic E-state index is 0. The van der Waals surface area contributed by atoms with Crippen LogP contribution < -0.4 is 15.4 Å². The summed E-state index contributed by atoms with van der Waals surface area (Å²) < 4.78 is 5.14. The predicted molar refractivity (Wildman–Crippen MR) is 109 cm³/mol. The standard InChI is InChI=1S/C18H29N3O2.HI/c1-4-19-18(21-15-10-8-13(2)9-11-15)20-12-14-6-5-7-16(23-3)17(14)22;/h5-7,13,15,22H,4,8-12H2,1-3H3,(H2,19,20,21);1H. The van der Waals surface area contributed by atoms with Crippen LogP contribution in [0, 0.1) is 5.92 Å². The summed E-state index contributed by atoms with van der Waals surface area (Å²) in [5.41, 5.74) is 0.763. The molecule has 0 amide bonds. The number of nitrogens with zero attached hydrogens (tertiary/aromatic N) is 1. The topological polar surface area (TPSA) is 65.9 Å². The molecule has 136 valence electrons. The normalized spacial score (nSPS) is 20.9. The maximum Gasteiger partial charge on any atom is 0.191 e. The summed E-state index contributed by atoms with van der Waals surface area (Å²) in [6, 6.07) is 5.97. The molecule has 0 unspecified atom stereocenters. The zero-order valence-electron chi connectivity index (χ0n) is 14.8. The van der Waals surface area contributed by atoms with Gasteiger partial charge in [0.2, 0.25) is 0 Å². The number of hydrogen-bond donors (Lipinski definition) is 3. The number of hydrogen-bond acceptors (Lipinski definition) is 3. The van der Waals surface area contributed by atoms with Crippen molar-refractivity contribution in [3.63, 3.8) is 0 Å². The molecule has 0 atom stereocenters. The van der Waals surface area contributed by atoms with Gasteiger partial charge in [-0.15, -0.1) is 24.0 Å². The number of guanidine groups is 1. The van der Waals surface area contributed by atoms with E-state index < -0.39 is 0 Å². The van der Waals surface area contributed by atoms with Gasteiger partial charge in [0.15, 0.2) is 17.5 Å². The van der Waals surface area contributed by atoms with Crippen LogP contribution >= 0.6 is 24.0 Å². The van der Waals surface area contributed by atoms with Gasteiger partial charge in [-0.2, -0.15) is 0 Å². The van der Waals surface area contributed by atoms with Crippen LogP contribution in [0.2, 0.25) is 0 Å². The highest BCUT2D eigenvalue weighted by Gasteiger charge is 2.19. The average molecular weight is 447 g/mol. The summed E-state index contributed by atoms with van der Waals surface area (Å²) >= 11 is 0. The summed E-state index contributed by atoms with van der Waals surface area (Å²) in [6.07, 6.45) is 4.92. The molecule has 0 bridgehead atoms. The van der Waals surface area contributed by atoms with Crippen LogP contribution in [0.5, 0.6) is 11.5 Å². The fourth-order valence-electron chi connectivity index (χ4n) is 2.94. The van der Waals surface area contributed by atoms with Crippen molar-refractivity contribution in [3.05, 3.63) is 23.8 Å². The van der Waals surface area contributed by atoms with E-state index in [-0.39, 0.29) is 29.7 Å². The van der Waals surface area contributed by atoms with E-state index >= 15 is 0 Å². The van der Waals surface area contributed by atoms with Crippen LogP contribution in [0.15, 0.2) is 23.2 Å². The van der Waals surface area contributed by atoms with Gasteiger partial charge >= 0.3 is 0 Å². The molecule has 1 aliphatic rings. The van der Waals surface area contributed by atoms with E-state index in [1.165, 1.54) is 25.7 Å². The lowest BCUT2D eigenvalue weighted by atomic mass is 9.87. The van der Waals surface area contributed by atoms with Crippen LogP contribution in [-0.4, -0.2) is 30.8 Å². The SMILES string of the molecule is CCNC(=NCc1cccc(OC)c1O)NC1CCC(C)CC1.I. The molecule has 1 aromatic carbocycles. The minimum atomic E-state index is 0. The molecule has 0 spiro atoms. The summed E-state index contributed by atoms with van der Waals surface area (Å²) in [4.78, 5) is 4.61. The van der Waals surface area contributed by atoms with Gasteiger partial charge in [-0.3, -0.25) is 0 Å². The Balaban J connectivity index is 0.00000288. The number of phenolic OH excluding ortho intramolecular Hbond substituents is 1. The van der Waals surface area contributed by atoms with Crippen molar-refractivity contribution in [3.8, 4) is 11.5 Å². The minimum Gasteiger partial charge on any atom is -0.504 e. The molecule has 1 aliphatic carbocycles. The van der Waals surface area contributed by atoms with E-state index in [1.807, 2.05) is 12.1 Å². The zero-order valence-corrected chi connectivity index (χ0v) is 17.2. The van der Waals surface area contributed by atoms with Gasteiger partial charge in [-0.25, -0.2) is 4.99 Å². The van der Waals surface area contributed by atoms with E-state index in [9.17, 15) is 5.11 Å². The maximum absolute atomic E-state index is 10.1. The molecule has 0 saturated heterocycles. The molecule has 1 saturated carbocycles. The first-order chi connectivity index (χ1) is 11.1. The van der Waals surface area contributed by atoms with Crippen molar-refractivity contribution in [2.45, 2.75) is 52.1 Å². The monoisotopic (exact) mass is 447 g/mol. The number of halogens is 1. The molecule has 3 N–H and O–H groups in total. The molecule has 2 rings (SSSR count). The first-order valence-corrected chi connectivity index (χ1v) is 8.53. The molecule has 5 nitrogen and oxygen atoms in total. The Hall–Kier alpha value is -1.18. The van der Waals surface area contributed by atoms with Crippen molar-refractivity contribution in [2.75, 3.05) is 13.7 Å². The Morgan fingerprint density at radius 2 is 2.00 bits per heavy atom. The number of benzene rings is 1. The molecular formula is C18H30IN3O2. The average Bonchev–Trinajstić information content (AvgIpc) is 2.56. The molecule has 0 heterocycles. The Bertz CT molecular complexity index is 529. The third-order valence-corrected chi connectivity index (χ3v) is 4.41. The molecule has 24 heavy (non-hydrogen) atoms. The maximum atomic E-state index is 10.1. The Labute approximate surface area is 162 Å². The van der Waals surface area contributed by atoms with Crippen molar-refractivity contribution in [1.82, 2.24) is 10.6 Å². The molecule has 0 aromatic heterocycles. The van der Waals surface area contributed by atoms with Gasteiger partial charge in [-0.1, -0.05) is 19.1 Å².